The molecule has 0 unspecified atom stereocenters. The van der Waals surface area contributed by atoms with Crippen LogP contribution in [0.3, 0.4) is 0 Å². The molecule has 0 aliphatic heterocycles. The summed E-state index contributed by atoms with van der Waals surface area (Å²) in [5.74, 6) is 0.838. The zero-order valence-corrected chi connectivity index (χ0v) is 28.0. The number of rotatable bonds is 20. The smallest absolute Gasteiger partial charge is 0.200 e. The van der Waals surface area contributed by atoms with E-state index in [1.165, 1.54) is 0 Å². The molecule has 0 amide bonds. The molecule has 7 heteroatoms. The van der Waals surface area contributed by atoms with Crippen LogP contribution in [0.4, 0.5) is 0 Å². The van der Waals surface area contributed by atoms with Crippen molar-refractivity contribution in [2.45, 2.75) is 123 Å². The minimum Gasteiger partial charge on any atom is -0.497 e. The van der Waals surface area contributed by atoms with Crippen molar-refractivity contribution >= 4 is 22.9 Å². The Morgan fingerprint density at radius 2 is 1.45 bits per heavy atom. The minimum absolute atomic E-state index is 0.0757. The van der Waals surface area contributed by atoms with Crippen molar-refractivity contribution in [3.8, 4) is 5.75 Å². The van der Waals surface area contributed by atoms with Crippen LogP contribution in [0.25, 0.3) is 0 Å². The van der Waals surface area contributed by atoms with Crippen LogP contribution in [0, 0.1) is 0 Å². The first-order chi connectivity index (χ1) is 18.0. The number of hydrogen-bond donors (Lipinski definition) is 0. The van der Waals surface area contributed by atoms with Crippen LogP contribution in [0.15, 0.2) is 35.9 Å². The van der Waals surface area contributed by atoms with Crippen molar-refractivity contribution in [3.05, 3.63) is 41.5 Å². The fraction of sp³-hybridized carbons (Fsp3) is 0.710. The lowest BCUT2D eigenvalue weighted by molar-refractivity contribution is -0.107. The van der Waals surface area contributed by atoms with Gasteiger partial charge in [0.05, 0.1) is 33.0 Å². The molecule has 0 saturated carbocycles. The topological polar surface area (TPSA) is 54.0 Å². The lowest BCUT2D eigenvalue weighted by Gasteiger charge is -2.42. The molecule has 0 saturated heterocycles. The Morgan fingerprint density at radius 3 is 1.89 bits per heavy atom. The van der Waals surface area contributed by atoms with Crippen molar-refractivity contribution in [1.82, 2.24) is 0 Å². The Hall–Kier alpha value is -1.26. The van der Waals surface area contributed by atoms with E-state index in [1.54, 1.807) is 7.11 Å². The highest BCUT2D eigenvalue weighted by Crippen LogP contribution is 2.42. The van der Waals surface area contributed by atoms with Gasteiger partial charge in [-0.1, -0.05) is 86.1 Å². The van der Waals surface area contributed by atoms with Crippen LogP contribution >= 0.6 is 0 Å². The molecule has 0 radical (unpaired) electrons. The van der Waals surface area contributed by atoms with Gasteiger partial charge in [-0.2, -0.15) is 0 Å². The SMILES string of the molecule is CC[Si](CC)(CC)O[C@@H](COCc1ccc(OC)cc1)C/C(=C\CO[Si](C(C)C)(C(C)C)C(C)C)CC=O. The third-order valence-electron chi connectivity index (χ3n) is 8.33. The van der Waals surface area contributed by atoms with Crippen LogP contribution in [-0.2, 0) is 25.0 Å². The van der Waals surface area contributed by atoms with Gasteiger partial charge in [-0.05, 0) is 58.9 Å². The molecule has 0 heterocycles. The largest absolute Gasteiger partial charge is 0.497 e. The van der Waals surface area contributed by atoms with Crippen molar-refractivity contribution in [2.75, 3.05) is 20.3 Å². The zero-order valence-electron chi connectivity index (χ0n) is 26.0. The van der Waals surface area contributed by atoms with E-state index in [9.17, 15) is 4.79 Å². The van der Waals surface area contributed by atoms with Crippen LogP contribution in [0.1, 0.15) is 80.7 Å². The van der Waals surface area contributed by atoms with Gasteiger partial charge in [0.2, 0.25) is 8.32 Å². The summed E-state index contributed by atoms with van der Waals surface area (Å²) in [6.07, 6.45) is 4.17. The highest BCUT2D eigenvalue weighted by atomic mass is 28.4. The number of carbonyl (C=O) groups excluding carboxylic acids is 1. The average molecular weight is 565 g/mol. The molecule has 38 heavy (non-hydrogen) atoms. The second-order valence-electron chi connectivity index (χ2n) is 11.4. The fourth-order valence-corrected chi connectivity index (χ4v) is 14.2. The summed E-state index contributed by atoms with van der Waals surface area (Å²) in [6.45, 7) is 22.1. The molecule has 1 aromatic rings. The van der Waals surface area contributed by atoms with Crippen LogP contribution < -0.4 is 4.74 Å². The molecular weight excluding hydrogens is 509 g/mol. The summed E-state index contributed by atoms with van der Waals surface area (Å²) >= 11 is 0. The second-order valence-corrected chi connectivity index (χ2v) is 21.6. The lowest BCUT2D eigenvalue weighted by atomic mass is 10.1. The molecule has 0 spiro atoms. The van der Waals surface area contributed by atoms with E-state index in [2.05, 4.69) is 68.4 Å². The molecule has 0 bridgehead atoms. The quantitative estimate of drug-likeness (QED) is 0.0900. The highest BCUT2D eigenvalue weighted by molar-refractivity contribution is 6.77. The molecule has 1 rings (SSSR count). The molecular formula is C31H56O5Si2. The Bertz CT molecular complexity index is 786. The molecule has 0 aliphatic carbocycles. The zero-order chi connectivity index (χ0) is 28.8. The number of hydrogen-bond acceptors (Lipinski definition) is 5. The summed E-state index contributed by atoms with van der Waals surface area (Å²) in [6, 6.07) is 11.2. The number of methoxy groups -OCH3 is 1. The maximum Gasteiger partial charge on any atom is 0.200 e. The van der Waals surface area contributed by atoms with Gasteiger partial charge in [0.15, 0.2) is 8.32 Å². The van der Waals surface area contributed by atoms with Gasteiger partial charge in [-0.25, -0.2) is 0 Å². The Balaban J connectivity index is 3.07. The maximum absolute atomic E-state index is 11.6. The molecule has 1 atom stereocenters. The van der Waals surface area contributed by atoms with Crippen LogP contribution in [-0.4, -0.2) is 49.3 Å². The van der Waals surface area contributed by atoms with E-state index in [1.807, 2.05) is 24.3 Å². The third-order valence-corrected chi connectivity index (χ3v) is 19.1. The maximum atomic E-state index is 11.6. The first-order valence-corrected chi connectivity index (χ1v) is 19.3. The van der Waals surface area contributed by atoms with E-state index >= 15 is 0 Å². The molecule has 0 fully saturated rings. The molecule has 5 nitrogen and oxygen atoms in total. The van der Waals surface area contributed by atoms with Crippen LogP contribution in [0.2, 0.25) is 34.8 Å². The first-order valence-electron chi connectivity index (χ1n) is 14.7. The van der Waals surface area contributed by atoms with E-state index in [0.717, 1.165) is 41.3 Å². The average Bonchev–Trinajstić information content (AvgIpc) is 2.89. The van der Waals surface area contributed by atoms with Crippen molar-refractivity contribution < 1.29 is 23.1 Å². The summed E-state index contributed by atoms with van der Waals surface area (Å²) < 4.78 is 25.1. The summed E-state index contributed by atoms with van der Waals surface area (Å²) in [5.41, 5.74) is 3.77. The van der Waals surface area contributed by atoms with E-state index < -0.39 is 16.6 Å². The molecule has 1 aromatic carbocycles. The standard InChI is InChI=1S/C31H56O5Si2/c1-11-37(12-2,13-3)36-31(24-34-23-29-14-16-30(33-10)17-15-29)22-28(18-20-32)19-21-35-38(25(4)5,26(6)7)27(8)9/h14-17,19-20,25-27,31H,11-13,18,21-24H2,1-10H3/b28-19-/t31-/m1/s1. The first kappa shape index (κ1) is 34.8. The Labute approximate surface area is 235 Å². The second kappa shape index (κ2) is 17.4. The summed E-state index contributed by atoms with van der Waals surface area (Å²) in [4.78, 5) is 11.6. The molecule has 0 aromatic heterocycles. The van der Waals surface area contributed by atoms with Gasteiger partial charge in [-0.3, -0.25) is 0 Å². The summed E-state index contributed by atoms with van der Waals surface area (Å²) in [5, 5.41) is 0. The number of ether oxygens (including phenoxy) is 2. The predicted octanol–water partition coefficient (Wildman–Crippen LogP) is 8.70. The van der Waals surface area contributed by atoms with E-state index in [-0.39, 0.29) is 6.10 Å². The van der Waals surface area contributed by atoms with Gasteiger partial charge in [0.1, 0.15) is 12.0 Å². The van der Waals surface area contributed by atoms with Gasteiger partial charge in [0.25, 0.3) is 0 Å². The van der Waals surface area contributed by atoms with Crippen molar-refractivity contribution in [3.63, 3.8) is 0 Å². The fourth-order valence-electron chi connectivity index (χ4n) is 5.97. The van der Waals surface area contributed by atoms with Gasteiger partial charge >= 0.3 is 0 Å². The Kier molecular flexibility index (Phi) is 16.0. The molecule has 0 N–H and O–H groups in total. The number of aldehydes is 1. The third kappa shape index (κ3) is 10.0. The molecule has 0 aliphatic rings. The van der Waals surface area contributed by atoms with Gasteiger partial charge in [-0.15, -0.1) is 0 Å². The summed E-state index contributed by atoms with van der Waals surface area (Å²) in [7, 11) is -2.15. The van der Waals surface area contributed by atoms with E-state index in [0.29, 0.717) is 49.3 Å². The monoisotopic (exact) mass is 564 g/mol. The number of benzene rings is 1. The predicted molar refractivity (Wildman–Crippen MR) is 165 cm³/mol. The number of carbonyl (C=O) groups is 1. The minimum atomic E-state index is -1.97. The highest BCUT2D eigenvalue weighted by Gasteiger charge is 2.44. The normalized spacial score (nSPS) is 14.0. The van der Waals surface area contributed by atoms with Crippen molar-refractivity contribution in [2.24, 2.45) is 0 Å². The van der Waals surface area contributed by atoms with E-state index in [4.69, 9.17) is 18.3 Å². The van der Waals surface area contributed by atoms with Crippen LogP contribution in [0.5, 0.6) is 5.75 Å². The van der Waals surface area contributed by atoms with Crippen molar-refractivity contribution in [1.29, 1.82) is 0 Å². The lowest BCUT2D eigenvalue weighted by Crippen LogP contribution is -2.47. The Morgan fingerprint density at radius 1 is 0.895 bits per heavy atom. The van der Waals surface area contributed by atoms with Gasteiger partial charge < -0.3 is 23.1 Å². The molecule has 218 valence electrons. The van der Waals surface area contributed by atoms with Gasteiger partial charge in [0, 0.05) is 6.42 Å².